The first-order valence-electron chi connectivity index (χ1n) is 6.41. The Kier molecular flexibility index (Phi) is 4.52. The monoisotopic (exact) mass is 260 g/mol. The molecule has 1 N–H and O–H groups in total. The highest BCUT2D eigenvalue weighted by atomic mass is 16.5. The molecule has 0 amide bonds. The number of rotatable bonds is 6. The molecule has 1 atom stereocenters. The van der Waals surface area contributed by atoms with Crippen LogP contribution in [0, 0.1) is 6.92 Å². The van der Waals surface area contributed by atoms with Gasteiger partial charge in [-0.15, -0.1) is 0 Å². The molecular formula is C14H20N4O. The zero-order valence-corrected chi connectivity index (χ0v) is 11.6. The lowest BCUT2D eigenvalue weighted by atomic mass is 10.2. The van der Waals surface area contributed by atoms with E-state index in [4.69, 9.17) is 4.74 Å². The van der Waals surface area contributed by atoms with Crippen LogP contribution < -0.4 is 5.32 Å². The lowest BCUT2D eigenvalue weighted by Gasteiger charge is -2.15. The Balaban J connectivity index is 2.10. The van der Waals surface area contributed by atoms with Gasteiger partial charge in [0.1, 0.15) is 0 Å². The maximum absolute atomic E-state index is 5.11. The molecule has 0 aliphatic carbocycles. The zero-order chi connectivity index (χ0) is 13.7. The molecule has 5 heteroatoms. The highest BCUT2D eigenvalue weighted by Crippen LogP contribution is 2.17. The molecule has 0 saturated heterocycles. The molecule has 0 saturated carbocycles. The van der Waals surface area contributed by atoms with Crippen molar-refractivity contribution in [2.24, 2.45) is 0 Å². The summed E-state index contributed by atoms with van der Waals surface area (Å²) >= 11 is 0. The molecule has 0 aromatic carbocycles. The number of nitrogens with zero attached hydrogens (tertiary/aromatic N) is 3. The molecule has 1 unspecified atom stereocenters. The van der Waals surface area contributed by atoms with Crippen molar-refractivity contribution in [1.82, 2.24) is 14.5 Å². The number of imidazole rings is 1. The fourth-order valence-corrected chi connectivity index (χ4v) is 1.92. The smallest absolute Gasteiger partial charge is 0.203 e. The maximum atomic E-state index is 5.11. The summed E-state index contributed by atoms with van der Waals surface area (Å²) in [5, 5.41) is 3.39. The van der Waals surface area contributed by atoms with Crippen LogP contribution in [0.2, 0.25) is 0 Å². The molecule has 0 aliphatic rings. The summed E-state index contributed by atoms with van der Waals surface area (Å²) in [5.41, 5.74) is 1.99. The third-order valence-electron chi connectivity index (χ3n) is 2.91. The first kappa shape index (κ1) is 13.5. The van der Waals surface area contributed by atoms with Crippen molar-refractivity contribution < 1.29 is 4.74 Å². The highest BCUT2D eigenvalue weighted by molar-refractivity contribution is 5.32. The summed E-state index contributed by atoms with van der Waals surface area (Å²) in [6.45, 7) is 5.52. The molecule has 2 heterocycles. The molecule has 0 spiro atoms. The van der Waals surface area contributed by atoms with Crippen molar-refractivity contribution in [2.75, 3.05) is 19.0 Å². The summed E-state index contributed by atoms with van der Waals surface area (Å²) in [4.78, 5) is 8.85. The van der Waals surface area contributed by atoms with Gasteiger partial charge in [-0.2, -0.15) is 0 Å². The largest absolute Gasteiger partial charge is 0.383 e. The van der Waals surface area contributed by atoms with Crippen molar-refractivity contribution >= 4 is 5.95 Å². The molecule has 0 bridgehead atoms. The fraction of sp³-hybridized carbons (Fsp3) is 0.429. The van der Waals surface area contributed by atoms with Gasteiger partial charge in [0.05, 0.1) is 24.0 Å². The topological polar surface area (TPSA) is 52.0 Å². The van der Waals surface area contributed by atoms with E-state index in [0.717, 1.165) is 23.9 Å². The first-order chi connectivity index (χ1) is 9.20. The number of aromatic nitrogens is 3. The molecule has 2 rings (SSSR count). The minimum absolute atomic E-state index is 0.115. The van der Waals surface area contributed by atoms with Crippen molar-refractivity contribution in [1.29, 1.82) is 0 Å². The maximum Gasteiger partial charge on any atom is 0.203 e. The van der Waals surface area contributed by atoms with Crippen molar-refractivity contribution in [3.05, 3.63) is 42.0 Å². The number of ether oxygens (including phenoxy) is 1. The minimum Gasteiger partial charge on any atom is -0.383 e. The van der Waals surface area contributed by atoms with E-state index in [9.17, 15) is 0 Å². The van der Waals surface area contributed by atoms with Gasteiger partial charge in [-0.1, -0.05) is 6.07 Å². The molecule has 2 aromatic rings. The van der Waals surface area contributed by atoms with Crippen LogP contribution in [0.3, 0.4) is 0 Å². The SMILES string of the molecule is COCCn1cc(C)nc1NC(C)c1ccccn1. The van der Waals surface area contributed by atoms with Crippen LogP contribution >= 0.6 is 0 Å². The second kappa shape index (κ2) is 6.33. The van der Waals surface area contributed by atoms with E-state index in [1.54, 1.807) is 13.3 Å². The van der Waals surface area contributed by atoms with Crippen LogP contribution in [-0.2, 0) is 11.3 Å². The molecule has 102 valence electrons. The van der Waals surface area contributed by atoms with Gasteiger partial charge >= 0.3 is 0 Å². The minimum atomic E-state index is 0.115. The lowest BCUT2D eigenvalue weighted by Crippen LogP contribution is -2.14. The van der Waals surface area contributed by atoms with Crippen LogP contribution in [-0.4, -0.2) is 28.3 Å². The molecule has 19 heavy (non-hydrogen) atoms. The zero-order valence-electron chi connectivity index (χ0n) is 11.6. The Hall–Kier alpha value is -1.88. The molecule has 5 nitrogen and oxygen atoms in total. The molecule has 2 aromatic heterocycles. The average molecular weight is 260 g/mol. The van der Waals surface area contributed by atoms with Gasteiger partial charge in [0.2, 0.25) is 5.95 Å². The lowest BCUT2D eigenvalue weighted by molar-refractivity contribution is 0.187. The van der Waals surface area contributed by atoms with Gasteiger partial charge in [-0.25, -0.2) is 4.98 Å². The van der Waals surface area contributed by atoms with Crippen LogP contribution in [0.25, 0.3) is 0 Å². The Labute approximate surface area is 113 Å². The van der Waals surface area contributed by atoms with E-state index >= 15 is 0 Å². The van der Waals surface area contributed by atoms with Gasteiger partial charge in [0.25, 0.3) is 0 Å². The van der Waals surface area contributed by atoms with E-state index in [1.165, 1.54) is 0 Å². The van der Waals surface area contributed by atoms with E-state index in [0.29, 0.717) is 6.61 Å². The van der Waals surface area contributed by atoms with Gasteiger partial charge in [-0.3, -0.25) is 4.98 Å². The first-order valence-corrected chi connectivity index (χ1v) is 6.41. The number of aryl methyl sites for hydroxylation is 1. The number of hydrogen-bond donors (Lipinski definition) is 1. The van der Waals surface area contributed by atoms with Gasteiger partial charge in [0, 0.05) is 26.0 Å². The third-order valence-corrected chi connectivity index (χ3v) is 2.91. The van der Waals surface area contributed by atoms with Crippen molar-refractivity contribution in [3.63, 3.8) is 0 Å². The molecular weight excluding hydrogens is 240 g/mol. The van der Waals surface area contributed by atoms with E-state index in [1.807, 2.05) is 31.3 Å². The molecule has 0 aliphatic heterocycles. The summed E-state index contributed by atoms with van der Waals surface area (Å²) < 4.78 is 7.18. The predicted octanol–water partition coefficient (Wildman–Crippen LogP) is 2.41. The Morgan fingerprint density at radius 2 is 2.26 bits per heavy atom. The number of methoxy groups -OCH3 is 1. The van der Waals surface area contributed by atoms with Gasteiger partial charge in [-0.05, 0) is 26.0 Å². The van der Waals surface area contributed by atoms with E-state index in [-0.39, 0.29) is 6.04 Å². The molecule has 0 fully saturated rings. The van der Waals surface area contributed by atoms with Crippen LogP contribution in [0.5, 0.6) is 0 Å². The summed E-state index contributed by atoms with van der Waals surface area (Å²) in [6, 6.07) is 6.03. The standard InChI is InChI=1S/C14H20N4O/c1-11-10-18(8-9-19-3)14(16-11)17-12(2)13-6-4-5-7-15-13/h4-7,10,12H,8-9H2,1-3H3,(H,16,17). The Morgan fingerprint density at radius 3 is 2.95 bits per heavy atom. The second-order valence-corrected chi connectivity index (χ2v) is 4.51. The fourth-order valence-electron chi connectivity index (χ4n) is 1.92. The third kappa shape index (κ3) is 3.54. The summed E-state index contributed by atoms with van der Waals surface area (Å²) in [6.07, 6.45) is 3.82. The van der Waals surface area contributed by atoms with Crippen molar-refractivity contribution in [2.45, 2.75) is 26.4 Å². The Morgan fingerprint density at radius 1 is 1.42 bits per heavy atom. The van der Waals surface area contributed by atoms with Gasteiger partial charge < -0.3 is 14.6 Å². The summed E-state index contributed by atoms with van der Waals surface area (Å²) in [5.74, 6) is 0.854. The van der Waals surface area contributed by atoms with Crippen LogP contribution in [0.1, 0.15) is 24.4 Å². The van der Waals surface area contributed by atoms with Gasteiger partial charge in [0.15, 0.2) is 0 Å². The number of nitrogens with one attached hydrogen (secondary N) is 1. The summed E-state index contributed by atoms with van der Waals surface area (Å²) in [7, 11) is 1.70. The molecule has 0 radical (unpaired) electrons. The average Bonchev–Trinajstić information content (AvgIpc) is 2.77. The number of anilines is 1. The van der Waals surface area contributed by atoms with Crippen molar-refractivity contribution in [3.8, 4) is 0 Å². The number of pyridine rings is 1. The normalized spacial score (nSPS) is 12.4. The highest BCUT2D eigenvalue weighted by Gasteiger charge is 2.11. The van der Waals surface area contributed by atoms with E-state index < -0.39 is 0 Å². The van der Waals surface area contributed by atoms with Crippen LogP contribution in [0.4, 0.5) is 5.95 Å². The van der Waals surface area contributed by atoms with E-state index in [2.05, 4.69) is 26.8 Å². The van der Waals surface area contributed by atoms with Crippen LogP contribution in [0.15, 0.2) is 30.6 Å². The quantitative estimate of drug-likeness (QED) is 0.866. The predicted molar refractivity (Wildman–Crippen MR) is 75.1 cm³/mol. The Bertz CT molecular complexity index is 509. The number of hydrogen-bond acceptors (Lipinski definition) is 4. The second-order valence-electron chi connectivity index (χ2n) is 4.51.